The number of hydrogen-bond donors (Lipinski definition) is 0. The molecule has 2 aromatic heterocycles. The molecule has 0 saturated carbocycles. The number of nitrogens with zero attached hydrogens (tertiary/aromatic N) is 3. The van der Waals surface area contributed by atoms with Gasteiger partial charge in [-0.3, -0.25) is 4.57 Å². The number of aryl methyl sites for hydroxylation is 1. The summed E-state index contributed by atoms with van der Waals surface area (Å²) in [5.41, 5.74) is 11.5. The highest BCUT2D eigenvalue weighted by atomic mass is 15.1. The fourth-order valence-corrected chi connectivity index (χ4v) is 7.44. The molecule has 0 atom stereocenters. The number of rotatable bonds is 2. The molecular weight excluding hydrogens is 522 g/mol. The average Bonchev–Trinajstić information content (AvgIpc) is 3.36. The molecule has 0 N–H and O–H groups in total. The SMILES string of the molecule is C1=Cc2nc(-n3c4cccc5c4c4c6c(cccc6ccc43)-c3cc4ccccc4cc3-5)c(-c3ccccc3)nc2CC1. The summed E-state index contributed by atoms with van der Waals surface area (Å²) < 4.78 is 2.37. The summed E-state index contributed by atoms with van der Waals surface area (Å²) in [6.07, 6.45) is 6.26. The van der Waals surface area contributed by atoms with Crippen molar-refractivity contribution in [1.82, 2.24) is 14.5 Å². The predicted molar refractivity (Wildman–Crippen MR) is 179 cm³/mol. The molecule has 0 saturated heterocycles. The van der Waals surface area contributed by atoms with Gasteiger partial charge in [0.15, 0.2) is 5.82 Å². The van der Waals surface area contributed by atoms with Crippen molar-refractivity contribution in [3.8, 4) is 39.3 Å². The number of fused-ring (bicyclic) bond motifs is 5. The van der Waals surface area contributed by atoms with Gasteiger partial charge in [0.2, 0.25) is 0 Å². The zero-order valence-electron chi connectivity index (χ0n) is 23.4. The van der Waals surface area contributed by atoms with E-state index in [1.54, 1.807) is 0 Å². The Balaban J connectivity index is 1.41. The van der Waals surface area contributed by atoms with Crippen molar-refractivity contribution >= 4 is 49.4 Å². The van der Waals surface area contributed by atoms with Gasteiger partial charge < -0.3 is 0 Å². The summed E-state index contributed by atoms with van der Waals surface area (Å²) in [7, 11) is 0. The lowest BCUT2D eigenvalue weighted by Crippen LogP contribution is -2.09. The Hall–Kier alpha value is -5.54. The Labute approximate surface area is 248 Å². The van der Waals surface area contributed by atoms with Crippen LogP contribution >= 0.6 is 0 Å². The van der Waals surface area contributed by atoms with Gasteiger partial charge in [-0.25, -0.2) is 9.97 Å². The molecule has 2 aliphatic carbocycles. The minimum Gasteiger partial charge on any atom is -0.292 e. The van der Waals surface area contributed by atoms with Crippen LogP contribution in [0, 0.1) is 0 Å². The predicted octanol–water partition coefficient (Wildman–Crippen LogP) is 10.2. The third kappa shape index (κ3) is 3.14. The number of aromatic nitrogens is 3. The van der Waals surface area contributed by atoms with E-state index < -0.39 is 0 Å². The second-order valence-electron chi connectivity index (χ2n) is 11.7. The van der Waals surface area contributed by atoms with Gasteiger partial charge in [-0.1, -0.05) is 97.1 Å². The summed E-state index contributed by atoms with van der Waals surface area (Å²) >= 11 is 0. The Morgan fingerprint density at radius 1 is 0.535 bits per heavy atom. The maximum atomic E-state index is 5.38. The number of hydrogen-bond acceptors (Lipinski definition) is 2. The van der Waals surface area contributed by atoms with Gasteiger partial charge in [-0.05, 0) is 87.0 Å². The van der Waals surface area contributed by atoms with Crippen LogP contribution in [0.1, 0.15) is 17.8 Å². The van der Waals surface area contributed by atoms with E-state index in [-0.39, 0.29) is 0 Å². The molecule has 0 aliphatic heterocycles. The summed E-state index contributed by atoms with van der Waals surface area (Å²) in [5, 5.41) is 7.64. The maximum Gasteiger partial charge on any atom is 0.165 e. The molecule has 2 aliphatic rings. The molecule has 3 nitrogen and oxygen atoms in total. The molecule has 0 radical (unpaired) electrons. The molecule has 3 heteroatoms. The van der Waals surface area contributed by atoms with E-state index in [9.17, 15) is 0 Å². The van der Waals surface area contributed by atoms with Crippen LogP contribution in [-0.2, 0) is 6.42 Å². The van der Waals surface area contributed by atoms with Crippen molar-refractivity contribution in [2.24, 2.45) is 0 Å². The van der Waals surface area contributed by atoms with Gasteiger partial charge in [0.25, 0.3) is 0 Å². The molecule has 2 heterocycles. The zero-order valence-corrected chi connectivity index (χ0v) is 23.4. The summed E-state index contributed by atoms with van der Waals surface area (Å²) in [4.78, 5) is 10.7. The molecule has 0 bridgehead atoms. The quantitative estimate of drug-likeness (QED) is 0.216. The van der Waals surface area contributed by atoms with Crippen LogP contribution in [0.3, 0.4) is 0 Å². The van der Waals surface area contributed by atoms with Crippen molar-refractivity contribution in [3.05, 3.63) is 133 Å². The van der Waals surface area contributed by atoms with Crippen LogP contribution in [0.2, 0.25) is 0 Å². The van der Waals surface area contributed by atoms with E-state index in [2.05, 4.69) is 132 Å². The molecule has 0 fully saturated rings. The average molecular weight is 548 g/mol. The highest BCUT2D eigenvalue weighted by Gasteiger charge is 2.27. The summed E-state index contributed by atoms with van der Waals surface area (Å²) in [6.45, 7) is 0. The Morgan fingerprint density at radius 2 is 1.23 bits per heavy atom. The van der Waals surface area contributed by atoms with E-state index in [4.69, 9.17) is 9.97 Å². The van der Waals surface area contributed by atoms with Crippen molar-refractivity contribution in [2.45, 2.75) is 12.8 Å². The van der Waals surface area contributed by atoms with Crippen LogP contribution in [-0.4, -0.2) is 14.5 Å². The molecule has 0 spiro atoms. The largest absolute Gasteiger partial charge is 0.292 e. The second-order valence-corrected chi connectivity index (χ2v) is 11.7. The van der Waals surface area contributed by atoms with Crippen molar-refractivity contribution in [2.75, 3.05) is 0 Å². The first-order valence-corrected chi connectivity index (χ1v) is 15.0. The van der Waals surface area contributed by atoms with E-state index in [1.165, 1.54) is 54.6 Å². The van der Waals surface area contributed by atoms with E-state index in [0.717, 1.165) is 52.3 Å². The molecule has 43 heavy (non-hydrogen) atoms. The fourth-order valence-electron chi connectivity index (χ4n) is 7.44. The highest BCUT2D eigenvalue weighted by Crippen LogP contribution is 2.50. The third-order valence-electron chi connectivity index (χ3n) is 9.33. The smallest absolute Gasteiger partial charge is 0.165 e. The molecule has 0 amide bonds. The topological polar surface area (TPSA) is 30.7 Å². The van der Waals surface area contributed by atoms with E-state index >= 15 is 0 Å². The Kier molecular flexibility index (Phi) is 4.56. The molecular formula is C40H25N3. The molecule has 6 aromatic carbocycles. The molecule has 200 valence electrons. The first-order valence-electron chi connectivity index (χ1n) is 15.0. The van der Waals surface area contributed by atoms with Crippen LogP contribution in [0.4, 0.5) is 0 Å². The first kappa shape index (κ1) is 23.1. The minimum absolute atomic E-state index is 0.879. The second kappa shape index (κ2) is 8.50. The highest BCUT2D eigenvalue weighted by molar-refractivity contribution is 6.31. The summed E-state index contributed by atoms with van der Waals surface area (Å²) in [5.74, 6) is 0.879. The standard InChI is InChI=1S/C40H25N3/c1-2-10-25(11-3-1)39-40(42-33-18-7-6-17-32(33)41-39)43-34-19-9-16-29-31-23-27-13-5-4-12-26(27)22-30(31)28-15-8-14-24-20-21-35(43)38(36(24)28)37(29)34/h1-5,7-16,18-23H,6,17H2. The third-order valence-corrected chi connectivity index (χ3v) is 9.33. The normalized spacial score (nSPS) is 13.3. The van der Waals surface area contributed by atoms with E-state index in [0.29, 0.717) is 0 Å². The van der Waals surface area contributed by atoms with Crippen LogP contribution in [0.15, 0.2) is 121 Å². The zero-order chi connectivity index (χ0) is 28.1. The fraction of sp³-hybridized carbons (Fsp3) is 0.0500. The minimum atomic E-state index is 0.879. The van der Waals surface area contributed by atoms with Gasteiger partial charge >= 0.3 is 0 Å². The number of allylic oxidation sites excluding steroid dienone is 1. The molecule has 10 rings (SSSR count). The lowest BCUT2D eigenvalue weighted by atomic mass is 9.91. The van der Waals surface area contributed by atoms with Crippen LogP contribution in [0.25, 0.3) is 88.8 Å². The molecule has 0 unspecified atom stereocenters. The van der Waals surface area contributed by atoms with Gasteiger partial charge in [0.1, 0.15) is 5.69 Å². The number of benzene rings is 6. The van der Waals surface area contributed by atoms with Gasteiger partial charge in [-0.15, -0.1) is 0 Å². The van der Waals surface area contributed by atoms with Crippen molar-refractivity contribution in [1.29, 1.82) is 0 Å². The van der Waals surface area contributed by atoms with Crippen LogP contribution < -0.4 is 0 Å². The monoisotopic (exact) mass is 547 g/mol. The first-order chi connectivity index (χ1) is 21.3. The Bertz CT molecular complexity index is 2500. The lowest BCUT2D eigenvalue weighted by molar-refractivity contribution is 0.890. The van der Waals surface area contributed by atoms with Crippen molar-refractivity contribution < 1.29 is 0 Å². The van der Waals surface area contributed by atoms with Gasteiger partial charge in [0.05, 0.1) is 22.4 Å². The van der Waals surface area contributed by atoms with Crippen LogP contribution in [0.5, 0.6) is 0 Å². The maximum absolute atomic E-state index is 5.38. The lowest BCUT2D eigenvalue weighted by Gasteiger charge is -2.18. The summed E-state index contributed by atoms with van der Waals surface area (Å²) in [6, 6.07) is 42.0. The molecule has 8 aromatic rings. The van der Waals surface area contributed by atoms with Gasteiger partial charge in [0, 0.05) is 16.3 Å². The van der Waals surface area contributed by atoms with Crippen molar-refractivity contribution in [3.63, 3.8) is 0 Å². The van der Waals surface area contributed by atoms with Gasteiger partial charge in [-0.2, -0.15) is 0 Å². The van der Waals surface area contributed by atoms with E-state index in [1.807, 2.05) is 0 Å². The Morgan fingerprint density at radius 3 is 2.05 bits per heavy atom.